The molecule has 0 saturated heterocycles. The topological polar surface area (TPSA) is 60.0 Å². The number of nitrogens with one attached hydrogen (secondary N) is 1. The molecule has 5 nitrogen and oxygen atoms in total. The van der Waals surface area contributed by atoms with E-state index >= 15 is 0 Å². The lowest BCUT2D eigenvalue weighted by molar-refractivity contribution is -0.286. The number of hydrogen-bond donors (Lipinski definition) is 2. The van der Waals surface area contributed by atoms with Crippen molar-refractivity contribution >= 4 is 5.69 Å². The fourth-order valence-corrected chi connectivity index (χ4v) is 1.52. The third-order valence-electron chi connectivity index (χ3n) is 3.64. The largest absolute Gasteiger partial charge is 0.586 e. The van der Waals surface area contributed by atoms with Gasteiger partial charge in [0, 0.05) is 6.07 Å². The first-order chi connectivity index (χ1) is 9.41. The fraction of sp³-hybridized carbons (Fsp3) is 0.571. The highest BCUT2D eigenvalue weighted by Gasteiger charge is 2.44. The molecule has 0 fully saturated rings. The molecule has 0 aromatic heterocycles. The number of fused-ring (bicyclic) bond motifs is 1. The molecule has 1 aliphatic rings. The molecule has 0 radical (unpaired) electrons. The first kappa shape index (κ1) is 15.8. The number of alkyl halides is 2. The van der Waals surface area contributed by atoms with Crippen molar-refractivity contribution < 1.29 is 28.2 Å². The van der Waals surface area contributed by atoms with Crippen LogP contribution in [-0.2, 0) is 4.84 Å². The summed E-state index contributed by atoms with van der Waals surface area (Å²) in [6.45, 7) is 8.35. The molecule has 1 aromatic carbocycles. The van der Waals surface area contributed by atoms with E-state index in [0.29, 0.717) is 11.3 Å². The van der Waals surface area contributed by atoms with Gasteiger partial charge in [0.2, 0.25) is 0 Å². The van der Waals surface area contributed by atoms with Crippen LogP contribution >= 0.6 is 0 Å². The van der Waals surface area contributed by atoms with E-state index in [4.69, 9.17) is 4.84 Å². The highest BCUT2D eigenvalue weighted by Crippen LogP contribution is 2.43. The molecule has 21 heavy (non-hydrogen) atoms. The molecule has 0 amide bonds. The smallest absolute Gasteiger partial charge is 0.395 e. The number of aryl methyl sites for hydroxylation is 1. The van der Waals surface area contributed by atoms with Crippen LogP contribution in [0.1, 0.15) is 33.3 Å². The number of ether oxygens (including phenoxy) is 2. The Kier molecular flexibility index (Phi) is 3.54. The first-order valence-corrected chi connectivity index (χ1v) is 6.48. The van der Waals surface area contributed by atoms with Crippen LogP contribution in [0.25, 0.3) is 0 Å². The fourth-order valence-electron chi connectivity index (χ4n) is 1.52. The van der Waals surface area contributed by atoms with Gasteiger partial charge in [0.1, 0.15) is 5.60 Å². The monoisotopic (exact) mass is 303 g/mol. The summed E-state index contributed by atoms with van der Waals surface area (Å²) in [4.78, 5) is 5.49. The molecule has 1 aliphatic heterocycles. The summed E-state index contributed by atoms with van der Waals surface area (Å²) >= 11 is 0. The summed E-state index contributed by atoms with van der Waals surface area (Å²) in [6, 6.07) is 2.80. The summed E-state index contributed by atoms with van der Waals surface area (Å²) in [5, 5.41) is 10.0. The Morgan fingerprint density at radius 2 is 1.67 bits per heavy atom. The van der Waals surface area contributed by atoms with Crippen molar-refractivity contribution in [2.75, 3.05) is 5.48 Å². The molecule has 0 unspecified atom stereocenters. The number of hydrogen-bond acceptors (Lipinski definition) is 5. The number of rotatable bonds is 4. The molecule has 2 rings (SSSR count). The Morgan fingerprint density at radius 3 is 2.19 bits per heavy atom. The second-order valence-electron chi connectivity index (χ2n) is 6.05. The zero-order valence-electron chi connectivity index (χ0n) is 12.6. The maximum Gasteiger partial charge on any atom is 0.586 e. The molecule has 0 aliphatic carbocycles. The van der Waals surface area contributed by atoms with E-state index in [1.54, 1.807) is 34.6 Å². The lowest BCUT2D eigenvalue weighted by atomic mass is 9.90. The number of benzene rings is 1. The highest BCUT2D eigenvalue weighted by atomic mass is 19.3. The van der Waals surface area contributed by atoms with E-state index in [9.17, 15) is 13.9 Å². The average molecular weight is 303 g/mol. The molecular weight excluding hydrogens is 284 g/mol. The van der Waals surface area contributed by atoms with Gasteiger partial charge in [0.05, 0.1) is 11.3 Å². The van der Waals surface area contributed by atoms with Crippen LogP contribution in [0.3, 0.4) is 0 Å². The molecule has 0 bridgehead atoms. The van der Waals surface area contributed by atoms with E-state index in [0.717, 1.165) is 0 Å². The second kappa shape index (κ2) is 4.71. The van der Waals surface area contributed by atoms with Crippen LogP contribution in [0.4, 0.5) is 14.5 Å². The molecule has 118 valence electrons. The van der Waals surface area contributed by atoms with Crippen molar-refractivity contribution in [2.45, 2.75) is 52.1 Å². The van der Waals surface area contributed by atoms with E-state index in [1.165, 1.54) is 12.1 Å². The lowest BCUT2D eigenvalue weighted by Gasteiger charge is -2.36. The maximum absolute atomic E-state index is 13.0. The number of anilines is 1. The van der Waals surface area contributed by atoms with Crippen molar-refractivity contribution in [3.8, 4) is 11.5 Å². The summed E-state index contributed by atoms with van der Waals surface area (Å²) in [7, 11) is 0. The van der Waals surface area contributed by atoms with Gasteiger partial charge in [0.15, 0.2) is 11.5 Å². The van der Waals surface area contributed by atoms with Gasteiger partial charge in [-0.15, -0.1) is 8.78 Å². The maximum atomic E-state index is 13.0. The second-order valence-corrected chi connectivity index (χ2v) is 6.05. The van der Waals surface area contributed by atoms with Gasteiger partial charge < -0.3 is 14.6 Å². The van der Waals surface area contributed by atoms with E-state index in [2.05, 4.69) is 15.0 Å². The number of aliphatic hydroxyl groups is 1. The van der Waals surface area contributed by atoms with E-state index < -0.39 is 17.5 Å². The van der Waals surface area contributed by atoms with E-state index in [-0.39, 0.29) is 11.5 Å². The minimum absolute atomic E-state index is 0.0233. The lowest BCUT2D eigenvalue weighted by Crippen LogP contribution is -2.48. The Balaban J connectivity index is 2.17. The van der Waals surface area contributed by atoms with Crippen molar-refractivity contribution in [1.82, 2.24) is 0 Å². The summed E-state index contributed by atoms with van der Waals surface area (Å²) in [6.07, 6.45) is -3.65. The highest BCUT2D eigenvalue weighted by molar-refractivity contribution is 5.60. The molecular formula is C14H19F2NO4. The van der Waals surface area contributed by atoms with Gasteiger partial charge >= 0.3 is 6.29 Å². The Bertz CT molecular complexity index is 553. The van der Waals surface area contributed by atoms with Crippen molar-refractivity contribution in [2.24, 2.45) is 0 Å². The van der Waals surface area contributed by atoms with Crippen LogP contribution < -0.4 is 15.0 Å². The van der Waals surface area contributed by atoms with Gasteiger partial charge in [-0.3, -0.25) is 10.3 Å². The molecule has 0 spiro atoms. The first-order valence-electron chi connectivity index (χ1n) is 6.48. The average Bonchev–Trinajstić information content (AvgIpc) is 2.57. The zero-order valence-corrected chi connectivity index (χ0v) is 12.6. The van der Waals surface area contributed by atoms with Crippen LogP contribution in [0.2, 0.25) is 0 Å². The molecule has 1 heterocycles. The predicted octanol–water partition coefficient (Wildman–Crippen LogP) is 3.21. The Labute approximate surface area is 121 Å². The summed E-state index contributed by atoms with van der Waals surface area (Å²) in [5.41, 5.74) is 1.77. The third-order valence-corrected chi connectivity index (χ3v) is 3.64. The minimum atomic E-state index is -3.65. The quantitative estimate of drug-likeness (QED) is 0.836. The molecule has 7 heteroatoms. The van der Waals surface area contributed by atoms with Crippen LogP contribution in [0.15, 0.2) is 12.1 Å². The molecule has 1 aromatic rings. The Morgan fingerprint density at radius 1 is 1.14 bits per heavy atom. The van der Waals surface area contributed by atoms with Gasteiger partial charge in [-0.25, -0.2) is 0 Å². The van der Waals surface area contributed by atoms with Crippen molar-refractivity contribution in [1.29, 1.82) is 0 Å². The normalized spacial score (nSPS) is 17.0. The van der Waals surface area contributed by atoms with E-state index in [1.807, 2.05) is 0 Å². The number of halogens is 2. The third kappa shape index (κ3) is 3.19. The van der Waals surface area contributed by atoms with Gasteiger partial charge in [-0.1, -0.05) is 0 Å². The van der Waals surface area contributed by atoms with Crippen molar-refractivity contribution in [3.63, 3.8) is 0 Å². The standard InChI is InChI=1S/C14H19F2NO4/c1-8-6-10-11(20-14(15,16)19-10)7-9(8)17-21-13(4,5)12(2,3)18/h6-7,17-18H,1-5H3. The molecule has 0 atom stereocenters. The summed E-state index contributed by atoms with van der Waals surface area (Å²) < 4.78 is 34.8. The Hall–Kier alpha value is -1.60. The van der Waals surface area contributed by atoms with Crippen LogP contribution in [-0.4, -0.2) is 22.6 Å². The predicted molar refractivity (Wildman–Crippen MR) is 72.5 cm³/mol. The SMILES string of the molecule is Cc1cc2c(cc1NOC(C)(C)C(C)(C)O)OC(F)(F)O2. The molecule has 0 saturated carbocycles. The van der Waals surface area contributed by atoms with Gasteiger partial charge in [0.25, 0.3) is 0 Å². The summed E-state index contributed by atoms with van der Waals surface area (Å²) in [5.74, 6) is -0.0948. The van der Waals surface area contributed by atoms with Crippen molar-refractivity contribution in [3.05, 3.63) is 17.7 Å². The van der Waals surface area contributed by atoms with Crippen LogP contribution in [0, 0.1) is 6.92 Å². The zero-order chi connectivity index (χ0) is 16.1. The van der Waals surface area contributed by atoms with Gasteiger partial charge in [-0.05, 0) is 46.2 Å². The molecule has 2 N–H and O–H groups in total. The van der Waals surface area contributed by atoms with Gasteiger partial charge in [-0.2, -0.15) is 0 Å². The minimum Gasteiger partial charge on any atom is -0.395 e. The van der Waals surface area contributed by atoms with Crippen LogP contribution in [0.5, 0.6) is 11.5 Å².